The molecule has 2 heteroatoms. The lowest BCUT2D eigenvalue weighted by Crippen LogP contribution is -2.34. The summed E-state index contributed by atoms with van der Waals surface area (Å²) in [4.78, 5) is 0. The van der Waals surface area contributed by atoms with Crippen molar-refractivity contribution >= 4 is 0 Å². The number of nitrogens with one attached hydrogen (secondary N) is 1. The fourth-order valence-corrected chi connectivity index (χ4v) is 3.36. The van der Waals surface area contributed by atoms with E-state index in [0.29, 0.717) is 6.04 Å². The highest BCUT2D eigenvalue weighted by atomic mass is 16.5. The molecular formula is C18H29NO. The standard InChI is InChI=1S/C18H29NO/c1-14(2)11-16-5-4-6-17(12-16)19-13-15-7-9-18(20-3)10-8-15/h7-10,14,16-17,19H,4-6,11-13H2,1-3H3. The molecular weight excluding hydrogens is 246 g/mol. The van der Waals surface area contributed by atoms with Gasteiger partial charge in [0.15, 0.2) is 0 Å². The van der Waals surface area contributed by atoms with E-state index in [4.69, 9.17) is 4.74 Å². The number of methoxy groups -OCH3 is 1. The van der Waals surface area contributed by atoms with Crippen LogP contribution < -0.4 is 10.1 Å². The quantitative estimate of drug-likeness (QED) is 0.831. The van der Waals surface area contributed by atoms with E-state index in [1.54, 1.807) is 7.11 Å². The van der Waals surface area contributed by atoms with E-state index in [1.165, 1.54) is 37.7 Å². The molecule has 2 nitrogen and oxygen atoms in total. The zero-order valence-corrected chi connectivity index (χ0v) is 13.2. The van der Waals surface area contributed by atoms with Gasteiger partial charge in [0, 0.05) is 12.6 Å². The van der Waals surface area contributed by atoms with Gasteiger partial charge in [0.25, 0.3) is 0 Å². The van der Waals surface area contributed by atoms with Crippen molar-refractivity contribution in [1.29, 1.82) is 0 Å². The maximum atomic E-state index is 5.19. The summed E-state index contributed by atoms with van der Waals surface area (Å²) in [5, 5.41) is 3.74. The molecule has 20 heavy (non-hydrogen) atoms. The molecule has 0 saturated heterocycles. The summed E-state index contributed by atoms with van der Waals surface area (Å²) >= 11 is 0. The highest BCUT2D eigenvalue weighted by Crippen LogP contribution is 2.29. The molecule has 0 spiro atoms. The van der Waals surface area contributed by atoms with Crippen LogP contribution in [0.2, 0.25) is 0 Å². The summed E-state index contributed by atoms with van der Waals surface area (Å²) in [5.74, 6) is 2.70. The van der Waals surface area contributed by atoms with Gasteiger partial charge < -0.3 is 10.1 Å². The largest absolute Gasteiger partial charge is 0.497 e. The van der Waals surface area contributed by atoms with Crippen molar-refractivity contribution in [2.24, 2.45) is 11.8 Å². The van der Waals surface area contributed by atoms with E-state index in [9.17, 15) is 0 Å². The van der Waals surface area contributed by atoms with Gasteiger partial charge in [0.2, 0.25) is 0 Å². The van der Waals surface area contributed by atoms with Crippen LogP contribution in [0.5, 0.6) is 5.75 Å². The second kappa shape index (κ2) is 7.68. The van der Waals surface area contributed by atoms with Gasteiger partial charge in [-0.05, 0) is 48.8 Å². The highest BCUT2D eigenvalue weighted by Gasteiger charge is 2.22. The van der Waals surface area contributed by atoms with Crippen LogP contribution in [0.4, 0.5) is 0 Å². The van der Waals surface area contributed by atoms with E-state index in [0.717, 1.165) is 24.1 Å². The van der Waals surface area contributed by atoms with Crippen LogP contribution in [0.1, 0.15) is 51.5 Å². The van der Waals surface area contributed by atoms with E-state index >= 15 is 0 Å². The van der Waals surface area contributed by atoms with Crippen LogP contribution in [0.3, 0.4) is 0 Å². The summed E-state index contributed by atoms with van der Waals surface area (Å²) in [7, 11) is 1.71. The number of rotatable bonds is 6. The minimum Gasteiger partial charge on any atom is -0.497 e. The summed E-state index contributed by atoms with van der Waals surface area (Å²) in [6, 6.07) is 9.09. The zero-order chi connectivity index (χ0) is 14.4. The lowest BCUT2D eigenvalue weighted by atomic mass is 9.81. The Morgan fingerprint density at radius 1 is 1.20 bits per heavy atom. The predicted molar refractivity (Wildman–Crippen MR) is 85.0 cm³/mol. The van der Waals surface area contributed by atoms with Crippen molar-refractivity contribution in [1.82, 2.24) is 5.32 Å². The second-order valence-corrected chi connectivity index (χ2v) is 6.59. The molecule has 0 aliphatic heterocycles. The number of benzene rings is 1. The van der Waals surface area contributed by atoms with Crippen LogP contribution in [0, 0.1) is 11.8 Å². The van der Waals surface area contributed by atoms with E-state index in [-0.39, 0.29) is 0 Å². The fraction of sp³-hybridized carbons (Fsp3) is 0.667. The maximum absolute atomic E-state index is 5.19. The number of hydrogen-bond donors (Lipinski definition) is 1. The Morgan fingerprint density at radius 2 is 1.95 bits per heavy atom. The Bertz CT molecular complexity index is 385. The molecule has 0 amide bonds. The first-order chi connectivity index (χ1) is 9.67. The molecule has 2 unspecified atom stereocenters. The molecule has 1 aromatic rings. The van der Waals surface area contributed by atoms with E-state index < -0.39 is 0 Å². The van der Waals surface area contributed by atoms with Gasteiger partial charge in [0.05, 0.1) is 7.11 Å². The van der Waals surface area contributed by atoms with Crippen molar-refractivity contribution in [3.8, 4) is 5.75 Å². The molecule has 1 aromatic carbocycles. The Balaban J connectivity index is 1.77. The SMILES string of the molecule is COc1ccc(CNC2CCCC(CC(C)C)C2)cc1. The summed E-state index contributed by atoms with van der Waals surface area (Å²) in [5.41, 5.74) is 1.34. The molecule has 1 fully saturated rings. The Hall–Kier alpha value is -1.02. The number of hydrogen-bond acceptors (Lipinski definition) is 2. The van der Waals surface area contributed by atoms with Crippen LogP contribution >= 0.6 is 0 Å². The van der Waals surface area contributed by atoms with Gasteiger partial charge in [0.1, 0.15) is 5.75 Å². The molecule has 112 valence electrons. The normalized spacial score (nSPS) is 23.0. The molecule has 1 saturated carbocycles. The first-order valence-electron chi connectivity index (χ1n) is 8.03. The summed E-state index contributed by atoms with van der Waals surface area (Å²) in [6.45, 7) is 5.66. The molecule has 0 radical (unpaired) electrons. The Kier molecular flexibility index (Phi) is 5.90. The number of ether oxygens (including phenoxy) is 1. The predicted octanol–water partition coefficient (Wildman–Crippen LogP) is 4.39. The third-order valence-corrected chi connectivity index (χ3v) is 4.34. The average Bonchev–Trinajstić information content (AvgIpc) is 2.45. The van der Waals surface area contributed by atoms with Crippen LogP contribution in [-0.2, 0) is 6.54 Å². The van der Waals surface area contributed by atoms with Gasteiger partial charge in [-0.2, -0.15) is 0 Å². The van der Waals surface area contributed by atoms with Crippen molar-refractivity contribution in [2.45, 2.75) is 58.5 Å². The summed E-state index contributed by atoms with van der Waals surface area (Å²) in [6.07, 6.45) is 6.90. The third-order valence-electron chi connectivity index (χ3n) is 4.34. The second-order valence-electron chi connectivity index (χ2n) is 6.59. The smallest absolute Gasteiger partial charge is 0.118 e. The van der Waals surface area contributed by atoms with Crippen molar-refractivity contribution in [2.75, 3.05) is 7.11 Å². The van der Waals surface area contributed by atoms with Crippen molar-refractivity contribution in [3.63, 3.8) is 0 Å². The average molecular weight is 275 g/mol. The molecule has 1 N–H and O–H groups in total. The maximum Gasteiger partial charge on any atom is 0.118 e. The van der Waals surface area contributed by atoms with Gasteiger partial charge in [-0.25, -0.2) is 0 Å². The minimum absolute atomic E-state index is 0.703. The van der Waals surface area contributed by atoms with Gasteiger partial charge in [-0.1, -0.05) is 38.8 Å². The molecule has 0 aromatic heterocycles. The molecule has 1 aliphatic carbocycles. The zero-order valence-electron chi connectivity index (χ0n) is 13.2. The molecule has 0 heterocycles. The van der Waals surface area contributed by atoms with Gasteiger partial charge in [-0.15, -0.1) is 0 Å². The molecule has 1 aliphatic rings. The van der Waals surface area contributed by atoms with E-state index in [1.807, 2.05) is 12.1 Å². The molecule has 2 rings (SSSR count). The first kappa shape index (κ1) is 15.4. The third kappa shape index (κ3) is 4.82. The van der Waals surface area contributed by atoms with Crippen LogP contribution in [-0.4, -0.2) is 13.2 Å². The molecule has 2 atom stereocenters. The Morgan fingerprint density at radius 3 is 2.60 bits per heavy atom. The fourth-order valence-electron chi connectivity index (χ4n) is 3.36. The lowest BCUT2D eigenvalue weighted by molar-refractivity contribution is 0.252. The Labute approximate surface area is 123 Å². The first-order valence-corrected chi connectivity index (χ1v) is 8.03. The minimum atomic E-state index is 0.703. The lowest BCUT2D eigenvalue weighted by Gasteiger charge is -2.31. The highest BCUT2D eigenvalue weighted by molar-refractivity contribution is 5.27. The topological polar surface area (TPSA) is 21.3 Å². The van der Waals surface area contributed by atoms with Gasteiger partial charge >= 0.3 is 0 Å². The van der Waals surface area contributed by atoms with Gasteiger partial charge in [-0.3, -0.25) is 0 Å². The molecule has 0 bridgehead atoms. The summed E-state index contributed by atoms with van der Waals surface area (Å²) < 4.78 is 5.19. The van der Waals surface area contributed by atoms with Crippen molar-refractivity contribution in [3.05, 3.63) is 29.8 Å². The van der Waals surface area contributed by atoms with E-state index in [2.05, 4.69) is 31.3 Å². The van der Waals surface area contributed by atoms with Crippen molar-refractivity contribution < 1.29 is 4.74 Å². The van der Waals surface area contributed by atoms with Crippen LogP contribution in [0.15, 0.2) is 24.3 Å². The monoisotopic (exact) mass is 275 g/mol. The van der Waals surface area contributed by atoms with Crippen LogP contribution in [0.25, 0.3) is 0 Å².